The van der Waals surface area contributed by atoms with E-state index in [4.69, 9.17) is 5.11 Å². The molecule has 3 amide bonds. The van der Waals surface area contributed by atoms with Crippen LogP contribution in [0.2, 0.25) is 0 Å². The summed E-state index contributed by atoms with van der Waals surface area (Å²) in [6.45, 7) is 1.38. The van der Waals surface area contributed by atoms with Crippen LogP contribution in [0.15, 0.2) is 0 Å². The first kappa shape index (κ1) is 12.5. The first-order valence-electron chi connectivity index (χ1n) is 5.40. The molecule has 90 valence electrons. The molecule has 0 atom stereocenters. The van der Waals surface area contributed by atoms with Crippen molar-refractivity contribution in [3.05, 3.63) is 0 Å². The first-order valence-corrected chi connectivity index (χ1v) is 5.40. The smallest absolute Gasteiger partial charge is 0.324 e. The minimum Gasteiger partial charge on any atom is -0.481 e. The lowest BCUT2D eigenvalue weighted by atomic mass is 10.2. The molecule has 0 spiro atoms. The molecule has 0 radical (unpaired) electrons. The summed E-state index contributed by atoms with van der Waals surface area (Å²) in [4.78, 5) is 34.5. The maximum Gasteiger partial charge on any atom is 0.324 e. The number of nitrogens with one attached hydrogen (secondary N) is 1. The summed E-state index contributed by atoms with van der Waals surface area (Å²) in [5, 5.41) is 10.6. The predicted octanol–water partition coefficient (Wildman–Crippen LogP) is 0.573. The molecule has 1 rings (SSSR count). The summed E-state index contributed by atoms with van der Waals surface area (Å²) in [7, 11) is 0. The van der Waals surface area contributed by atoms with Gasteiger partial charge in [0.1, 0.15) is 0 Å². The van der Waals surface area contributed by atoms with Gasteiger partial charge in [0, 0.05) is 25.9 Å². The van der Waals surface area contributed by atoms with E-state index in [9.17, 15) is 14.4 Å². The highest BCUT2D eigenvalue weighted by Gasteiger charge is 2.19. The predicted molar refractivity (Wildman–Crippen MR) is 55.8 cm³/mol. The van der Waals surface area contributed by atoms with Crippen LogP contribution in [0.4, 0.5) is 4.79 Å². The third-order valence-corrected chi connectivity index (χ3v) is 2.43. The van der Waals surface area contributed by atoms with Crippen molar-refractivity contribution < 1.29 is 19.5 Å². The fourth-order valence-electron chi connectivity index (χ4n) is 1.58. The zero-order valence-electron chi connectivity index (χ0n) is 9.07. The summed E-state index contributed by atoms with van der Waals surface area (Å²) in [6, 6.07) is -0.363. The fraction of sp³-hybridized carbons (Fsp3) is 0.700. The Kier molecular flexibility index (Phi) is 4.75. The third kappa shape index (κ3) is 4.29. The van der Waals surface area contributed by atoms with Crippen LogP contribution in [-0.2, 0) is 9.59 Å². The second-order valence-corrected chi connectivity index (χ2v) is 3.79. The highest BCUT2D eigenvalue weighted by Crippen LogP contribution is 2.07. The number of hydrogen-bond donors (Lipinski definition) is 2. The molecule has 1 fully saturated rings. The Morgan fingerprint density at radius 1 is 1.12 bits per heavy atom. The Morgan fingerprint density at radius 3 is 2.31 bits per heavy atom. The van der Waals surface area contributed by atoms with Crippen LogP contribution in [0.25, 0.3) is 0 Å². The van der Waals surface area contributed by atoms with Crippen molar-refractivity contribution in [3.63, 3.8) is 0 Å². The number of imide groups is 1. The van der Waals surface area contributed by atoms with Gasteiger partial charge in [0.05, 0.1) is 0 Å². The molecule has 6 heteroatoms. The summed E-state index contributed by atoms with van der Waals surface area (Å²) >= 11 is 0. The average molecular weight is 228 g/mol. The number of carboxylic acid groups (broad SMARTS) is 1. The number of carbonyl (C=O) groups is 3. The number of likely N-dealkylation sites (tertiary alicyclic amines) is 1. The number of hydrogen-bond acceptors (Lipinski definition) is 3. The number of carboxylic acids is 1. The number of rotatable bonds is 4. The second-order valence-electron chi connectivity index (χ2n) is 3.79. The molecular weight excluding hydrogens is 212 g/mol. The normalized spacial score (nSPS) is 14.9. The standard InChI is InChI=1S/C10H16N2O4/c13-8(4-3-5-9(14)15)11-10(16)12-6-1-2-7-12/h1-7H2,(H,14,15)(H,11,13,16). The quantitative estimate of drug-likeness (QED) is 0.736. The monoisotopic (exact) mass is 228 g/mol. The first-order chi connectivity index (χ1) is 7.59. The molecule has 0 aromatic rings. The van der Waals surface area contributed by atoms with E-state index >= 15 is 0 Å². The number of nitrogens with zero attached hydrogens (tertiary/aromatic N) is 1. The van der Waals surface area contributed by atoms with E-state index < -0.39 is 11.9 Å². The zero-order valence-corrected chi connectivity index (χ0v) is 9.07. The lowest BCUT2D eigenvalue weighted by Crippen LogP contribution is -2.41. The van der Waals surface area contributed by atoms with E-state index in [0.717, 1.165) is 12.8 Å². The van der Waals surface area contributed by atoms with Gasteiger partial charge in [-0.25, -0.2) is 4.79 Å². The van der Waals surface area contributed by atoms with Gasteiger partial charge >= 0.3 is 12.0 Å². The highest BCUT2D eigenvalue weighted by atomic mass is 16.4. The van der Waals surface area contributed by atoms with Crippen LogP contribution in [0, 0.1) is 0 Å². The van der Waals surface area contributed by atoms with Crippen LogP contribution >= 0.6 is 0 Å². The maximum atomic E-state index is 11.4. The molecule has 0 saturated carbocycles. The minimum absolute atomic E-state index is 0.0503. The molecule has 0 aliphatic carbocycles. The lowest BCUT2D eigenvalue weighted by molar-refractivity contribution is -0.137. The molecule has 0 bridgehead atoms. The average Bonchev–Trinajstić information content (AvgIpc) is 2.69. The number of aliphatic carboxylic acids is 1. The number of urea groups is 1. The maximum absolute atomic E-state index is 11.4. The Hall–Kier alpha value is -1.59. The van der Waals surface area contributed by atoms with Gasteiger partial charge in [-0.3, -0.25) is 14.9 Å². The summed E-state index contributed by atoms with van der Waals surface area (Å²) in [5.74, 6) is -1.34. The van der Waals surface area contributed by atoms with E-state index in [-0.39, 0.29) is 25.3 Å². The van der Waals surface area contributed by atoms with Crippen molar-refractivity contribution in [1.82, 2.24) is 10.2 Å². The number of carbonyl (C=O) groups excluding carboxylic acids is 2. The van der Waals surface area contributed by atoms with Gasteiger partial charge in [-0.1, -0.05) is 0 Å². The third-order valence-electron chi connectivity index (χ3n) is 2.43. The largest absolute Gasteiger partial charge is 0.481 e. The second kappa shape index (κ2) is 6.09. The highest BCUT2D eigenvalue weighted by molar-refractivity contribution is 5.94. The SMILES string of the molecule is O=C(O)CCCC(=O)NC(=O)N1CCCC1. The van der Waals surface area contributed by atoms with E-state index in [0.29, 0.717) is 13.1 Å². The molecule has 2 N–H and O–H groups in total. The van der Waals surface area contributed by atoms with Crippen molar-refractivity contribution in [2.75, 3.05) is 13.1 Å². The van der Waals surface area contributed by atoms with E-state index in [1.807, 2.05) is 0 Å². The molecule has 16 heavy (non-hydrogen) atoms. The van der Waals surface area contributed by atoms with Gasteiger partial charge in [-0.2, -0.15) is 0 Å². The fourth-order valence-corrected chi connectivity index (χ4v) is 1.58. The van der Waals surface area contributed by atoms with E-state index in [1.165, 1.54) is 0 Å². The minimum atomic E-state index is -0.932. The molecule has 0 aromatic carbocycles. The Morgan fingerprint density at radius 2 is 1.75 bits per heavy atom. The van der Waals surface area contributed by atoms with Gasteiger partial charge in [0.15, 0.2) is 0 Å². The zero-order chi connectivity index (χ0) is 12.0. The van der Waals surface area contributed by atoms with Crippen LogP contribution in [-0.4, -0.2) is 41.0 Å². The van der Waals surface area contributed by atoms with Gasteiger partial charge in [0.25, 0.3) is 0 Å². The molecule has 1 saturated heterocycles. The topological polar surface area (TPSA) is 86.7 Å². The van der Waals surface area contributed by atoms with Crippen LogP contribution in [0.3, 0.4) is 0 Å². The van der Waals surface area contributed by atoms with Crippen molar-refractivity contribution in [1.29, 1.82) is 0 Å². The van der Waals surface area contributed by atoms with Crippen molar-refractivity contribution in [2.45, 2.75) is 32.1 Å². The van der Waals surface area contributed by atoms with Gasteiger partial charge in [0.2, 0.25) is 5.91 Å². The van der Waals surface area contributed by atoms with Gasteiger partial charge in [-0.15, -0.1) is 0 Å². The van der Waals surface area contributed by atoms with Gasteiger partial charge in [-0.05, 0) is 19.3 Å². The van der Waals surface area contributed by atoms with Crippen molar-refractivity contribution in [3.8, 4) is 0 Å². The van der Waals surface area contributed by atoms with Crippen LogP contribution < -0.4 is 5.32 Å². The Labute approximate surface area is 93.6 Å². The van der Waals surface area contributed by atoms with Gasteiger partial charge < -0.3 is 10.0 Å². The van der Waals surface area contributed by atoms with Crippen molar-refractivity contribution in [2.24, 2.45) is 0 Å². The molecular formula is C10H16N2O4. The molecule has 0 unspecified atom stereocenters. The Balaban J connectivity index is 2.17. The summed E-state index contributed by atoms with van der Waals surface area (Å²) < 4.78 is 0. The van der Waals surface area contributed by atoms with E-state index in [1.54, 1.807) is 4.90 Å². The lowest BCUT2D eigenvalue weighted by Gasteiger charge is -2.14. The molecule has 1 heterocycles. The number of amides is 3. The van der Waals surface area contributed by atoms with Crippen molar-refractivity contribution >= 4 is 17.9 Å². The van der Waals surface area contributed by atoms with Crippen LogP contribution in [0.5, 0.6) is 0 Å². The molecule has 6 nitrogen and oxygen atoms in total. The van der Waals surface area contributed by atoms with E-state index in [2.05, 4.69) is 5.32 Å². The summed E-state index contributed by atoms with van der Waals surface area (Å²) in [5.41, 5.74) is 0. The molecule has 1 aliphatic heterocycles. The molecule has 1 aliphatic rings. The van der Waals surface area contributed by atoms with Crippen LogP contribution in [0.1, 0.15) is 32.1 Å². The molecule has 0 aromatic heterocycles. The summed E-state index contributed by atoms with van der Waals surface area (Å²) in [6.07, 6.45) is 2.23. The Bertz CT molecular complexity index is 285.